The standard InChI is InChI=1S/C2H6NO2P/c3-2(4)1-5-6/h1H2,6H3,(H-,3,4)/p+1. The van der Waals surface area contributed by atoms with Crippen LogP contribution in [-0.2, 0) is 9.32 Å². The SMILES string of the molecule is NC(=O)CO[PH3+]. The third-order valence-corrected chi connectivity index (χ3v) is 0.448. The Kier molecular flexibility index (Phi) is 2.99. The van der Waals surface area contributed by atoms with Crippen molar-refractivity contribution in [2.24, 2.45) is 5.73 Å². The van der Waals surface area contributed by atoms with Crippen molar-refractivity contribution < 1.29 is 9.32 Å². The van der Waals surface area contributed by atoms with Gasteiger partial charge in [-0.15, -0.1) is 0 Å². The molecule has 0 aromatic rings. The van der Waals surface area contributed by atoms with Gasteiger partial charge in [-0.05, 0) is 0 Å². The quantitative estimate of drug-likeness (QED) is 0.462. The molecule has 3 nitrogen and oxygen atoms in total. The number of carbonyl (C=O) groups excluding carboxylic acids is 1. The molecule has 1 amide bonds. The fourth-order valence-electron chi connectivity index (χ4n) is 0.101. The summed E-state index contributed by atoms with van der Waals surface area (Å²) in [6, 6.07) is 0. The van der Waals surface area contributed by atoms with E-state index in [4.69, 9.17) is 0 Å². The number of amides is 1. The molecule has 1 atom stereocenters. The molecule has 0 aliphatic heterocycles. The monoisotopic (exact) mass is 108 g/mol. The Bertz CT molecular complexity index is 55.5. The Morgan fingerprint density at radius 3 is 2.50 bits per heavy atom. The summed E-state index contributed by atoms with van der Waals surface area (Å²) in [4.78, 5) is 9.70. The molecule has 4 heteroatoms. The molecular formula is C2H7NO2P+. The van der Waals surface area contributed by atoms with Gasteiger partial charge in [-0.1, -0.05) is 0 Å². The fraction of sp³-hybridized carbons (Fsp3) is 0.500. The van der Waals surface area contributed by atoms with Crippen molar-refractivity contribution in [1.29, 1.82) is 0 Å². The lowest BCUT2D eigenvalue weighted by Crippen LogP contribution is -2.15. The predicted octanol–water partition coefficient (Wildman–Crippen LogP) is -0.989. The van der Waals surface area contributed by atoms with Crippen molar-refractivity contribution in [3.8, 4) is 0 Å². The first-order chi connectivity index (χ1) is 2.77. The number of carbonyl (C=O) groups is 1. The van der Waals surface area contributed by atoms with Crippen molar-refractivity contribution in [1.82, 2.24) is 0 Å². The molecular weight excluding hydrogens is 101 g/mol. The highest BCUT2D eigenvalue weighted by molar-refractivity contribution is 7.09. The molecule has 0 saturated heterocycles. The number of rotatable bonds is 2. The lowest BCUT2D eigenvalue weighted by molar-refractivity contribution is -0.119. The van der Waals surface area contributed by atoms with Crippen molar-refractivity contribution in [3.05, 3.63) is 0 Å². The Hall–Kier alpha value is -0.140. The number of hydrogen-bond donors (Lipinski definition) is 1. The van der Waals surface area contributed by atoms with Gasteiger partial charge >= 0.3 is 0 Å². The van der Waals surface area contributed by atoms with Crippen molar-refractivity contribution >= 4 is 15.4 Å². The molecule has 36 valence electrons. The smallest absolute Gasteiger partial charge is 0.247 e. The van der Waals surface area contributed by atoms with E-state index in [1.807, 2.05) is 0 Å². The number of nitrogens with two attached hydrogens (primary N) is 1. The summed E-state index contributed by atoms with van der Waals surface area (Å²) in [6.45, 7) is 0.0262. The van der Waals surface area contributed by atoms with Crippen LogP contribution in [0.1, 0.15) is 0 Å². The van der Waals surface area contributed by atoms with Crippen LogP contribution in [0, 0.1) is 0 Å². The van der Waals surface area contributed by atoms with Gasteiger partial charge in [0.1, 0.15) is 9.47 Å². The van der Waals surface area contributed by atoms with Gasteiger partial charge in [-0.2, -0.15) is 0 Å². The van der Waals surface area contributed by atoms with E-state index in [2.05, 4.69) is 10.3 Å². The molecule has 0 rings (SSSR count). The summed E-state index contributed by atoms with van der Waals surface area (Å²) >= 11 is 0. The minimum absolute atomic E-state index is 0.0262. The van der Waals surface area contributed by atoms with Gasteiger partial charge in [0.25, 0.3) is 0 Å². The lowest BCUT2D eigenvalue weighted by atomic mass is 10.7. The predicted molar refractivity (Wildman–Crippen MR) is 26.3 cm³/mol. The average molecular weight is 108 g/mol. The minimum atomic E-state index is -0.426. The molecule has 0 spiro atoms. The molecule has 0 aromatic heterocycles. The molecule has 2 N–H and O–H groups in total. The molecule has 0 aromatic carbocycles. The average Bonchev–Trinajstić information content (AvgIpc) is 1.35. The van der Waals surface area contributed by atoms with Crippen LogP contribution >= 0.6 is 9.47 Å². The van der Waals surface area contributed by atoms with Crippen LogP contribution in [0.2, 0.25) is 0 Å². The zero-order chi connectivity index (χ0) is 4.99. The van der Waals surface area contributed by atoms with Crippen LogP contribution in [0.5, 0.6) is 0 Å². The van der Waals surface area contributed by atoms with Gasteiger partial charge in [0, 0.05) is 0 Å². The van der Waals surface area contributed by atoms with Crippen LogP contribution in [0.3, 0.4) is 0 Å². The van der Waals surface area contributed by atoms with Gasteiger partial charge in [-0.3, -0.25) is 4.79 Å². The number of primary amides is 1. The summed E-state index contributed by atoms with van der Waals surface area (Å²) in [6.07, 6.45) is 0. The summed E-state index contributed by atoms with van der Waals surface area (Å²) in [7, 11) is 1.25. The fourth-order valence-corrected chi connectivity index (χ4v) is 0.302. The molecule has 0 aliphatic rings. The molecule has 0 radical (unpaired) electrons. The van der Waals surface area contributed by atoms with E-state index in [9.17, 15) is 4.79 Å². The first-order valence-electron chi connectivity index (χ1n) is 1.42. The van der Waals surface area contributed by atoms with Gasteiger partial charge in [-0.25, -0.2) is 4.52 Å². The van der Waals surface area contributed by atoms with E-state index in [0.717, 1.165) is 0 Å². The van der Waals surface area contributed by atoms with E-state index in [-0.39, 0.29) is 6.61 Å². The molecule has 1 unspecified atom stereocenters. The van der Waals surface area contributed by atoms with Gasteiger partial charge in [0.15, 0.2) is 6.61 Å². The van der Waals surface area contributed by atoms with Crippen molar-refractivity contribution in [2.75, 3.05) is 6.61 Å². The molecule has 0 heterocycles. The van der Waals surface area contributed by atoms with Gasteiger partial charge in [0.2, 0.25) is 5.91 Å². The Morgan fingerprint density at radius 1 is 2.00 bits per heavy atom. The Balaban J connectivity index is 2.83. The normalized spacial score (nSPS) is 8.67. The van der Waals surface area contributed by atoms with E-state index in [1.165, 1.54) is 9.47 Å². The zero-order valence-corrected chi connectivity index (χ0v) is 4.72. The summed E-state index contributed by atoms with van der Waals surface area (Å²) in [5, 5.41) is 0. The Morgan fingerprint density at radius 2 is 2.50 bits per heavy atom. The van der Waals surface area contributed by atoms with Gasteiger partial charge in [0.05, 0.1) is 0 Å². The highest BCUT2D eigenvalue weighted by Crippen LogP contribution is 1.79. The summed E-state index contributed by atoms with van der Waals surface area (Å²) < 4.78 is 4.36. The molecule has 0 fully saturated rings. The van der Waals surface area contributed by atoms with Crippen molar-refractivity contribution in [2.45, 2.75) is 0 Å². The van der Waals surface area contributed by atoms with Crippen LogP contribution in [0.4, 0.5) is 0 Å². The summed E-state index contributed by atoms with van der Waals surface area (Å²) in [5.41, 5.74) is 4.64. The van der Waals surface area contributed by atoms with Crippen LogP contribution < -0.4 is 5.73 Å². The first kappa shape index (κ1) is 5.86. The highest BCUT2D eigenvalue weighted by Gasteiger charge is 1.88. The maximum Gasteiger partial charge on any atom is 0.247 e. The van der Waals surface area contributed by atoms with Crippen LogP contribution in [0.15, 0.2) is 0 Å². The molecule has 0 aliphatic carbocycles. The van der Waals surface area contributed by atoms with E-state index in [1.54, 1.807) is 0 Å². The third kappa shape index (κ3) is 3.86. The highest BCUT2D eigenvalue weighted by atomic mass is 31.0. The largest absolute Gasteiger partial charge is 0.368 e. The third-order valence-electron chi connectivity index (χ3n) is 0.244. The van der Waals surface area contributed by atoms with Crippen LogP contribution in [-0.4, -0.2) is 12.5 Å². The van der Waals surface area contributed by atoms with E-state index in [0.29, 0.717) is 0 Å². The van der Waals surface area contributed by atoms with Crippen molar-refractivity contribution in [3.63, 3.8) is 0 Å². The first-order valence-corrected chi connectivity index (χ1v) is 2.00. The summed E-state index contributed by atoms with van der Waals surface area (Å²) in [5.74, 6) is -0.426. The molecule has 0 saturated carbocycles. The second kappa shape index (κ2) is 3.07. The van der Waals surface area contributed by atoms with E-state index < -0.39 is 5.91 Å². The number of hydrogen-bond acceptors (Lipinski definition) is 2. The Labute approximate surface area is 38.1 Å². The lowest BCUT2D eigenvalue weighted by Gasteiger charge is -1.79. The second-order valence-corrected chi connectivity index (χ2v) is 1.22. The topological polar surface area (TPSA) is 52.3 Å². The maximum atomic E-state index is 9.70. The molecule has 6 heavy (non-hydrogen) atoms. The van der Waals surface area contributed by atoms with E-state index >= 15 is 0 Å². The second-order valence-electron chi connectivity index (χ2n) is 0.815. The maximum absolute atomic E-state index is 9.70. The minimum Gasteiger partial charge on any atom is -0.368 e. The van der Waals surface area contributed by atoms with Gasteiger partial charge < -0.3 is 5.73 Å². The molecule has 0 bridgehead atoms. The zero-order valence-electron chi connectivity index (χ0n) is 3.31. The van der Waals surface area contributed by atoms with Crippen LogP contribution in [0.25, 0.3) is 0 Å².